The van der Waals surface area contributed by atoms with Crippen molar-refractivity contribution in [2.24, 2.45) is 0 Å². The molecule has 0 saturated heterocycles. The predicted octanol–water partition coefficient (Wildman–Crippen LogP) is 3.92. The molecule has 2 aromatic rings. The molecule has 0 atom stereocenters. The van der Waals surface area contributed by atoms with Crippen molar-refractivity contribution in [1.29, 1.82) is 0 Å². The Hall–Kier alpha value is -1.39. The van der Waals surface area contributed by atoms with Crippen LogP contribution in [0.15, 0.2) is 24.3 Å². The first-order valence-electron chi connectivity index (χ1n) is 7.28. The van der Waals surface area contributed by atoms with Gasteiger partial charge in [-0.15, -0.1) is 11.3 Å². The number of hydrogen-bond donors (Lipinski definition) is 1. The lowest BCUT2D eigenvalue weighted by Gasteiger charge is -2.16. The number of ether oxygens (including phenoxy) is 1. The fourth-order valence-corrected chi connectivity index (χ4v) is 3.42. The van der Waals surface area contributed by atoms with Gasteiger partial charge in [-0.25, -0.2) is 4.98 Å². The van der Waals surface area contributed by atoms with E-state index in [4.69, 9.17) is 9.72 Å². The van der Waals surface area contributed by atoms with Gasteiger partial charge in [0.25, 0.3) is 0 Å². The summed E-state index contributed by atoms with van der Waals surface area (Å²) in [5, 5.41) is 11.4. The van der Waals surface area contributed by atoms with Crippen molar-refractivity contribution in [3.8, 4) is 5.75 Å². The zero-order valence-corrected chi connectivity index (χ0v) is 14.0. The molecule has 0 unspecified atom stereocenters. The molecule has 0 amide bonds. The molecule has 0 aliphatic rings. The number of hydrogen-bond acceptors (Lipinski definition) is 4. The van der Waals surface area contributed by atoms with Gasteiger partial charge in [-0.3, -0.25) is 0 Å². The van der Waals surface area contributed by atoms with Crippen molar-refractivity contribution in [2.45, 2.75) is 45.6 Å². The minimum absolute atomic E-state index is 0.793. The molecule has 21 heavy (non-hydrogen) atoms. The topological polar surface area (TPSA) is 42.4 Å². The molecule has 0 aliphatic heterocycles. The second-order valence-electron chi connectivity index (χ2n) is 5.72. The van der Waals surface area contributed by atoms with Crippen molar-refractivity contribution in [1.82, 2.24) is 4.98 Å². The van der Waals surface area contributed by atoms with Gasteiger partial charge >= 0.3 is 0 Å². The highest BCUT2D eigenvalue weighted by Crippen LogP contribution is 2.31. The summed E-state index contributed by atoms with van der Waals surface area (Å²) in [6.45, 7) is 5.80. The third-order valence-corrected chi connectivity index (χ3v) is 4.71. The maximum Gasteiger partial charge on any atom is 0.118 e. The molecule has 1 N–H and O–H groups in total. The fourth-order valence-electron chi connectivity index (χ4n) is 2.28. The van der Waals surface area contributed by atoms with Gasteiger partial charge in [0.05, 0.1) is 28.3 Å². The van der Waals surface area contributed by atoms with Crippen LogP contribution in [0.1, 0.15) is 48.3 Å². The second-order valence-corrected chi connectivity index (χ2v) is 6.80. The summed E-state index contributed by atoms with van der Waals surface area (Å²) < 4.78 is 5.17. The number of thiazole rings is 1. The highest BCUT2D eigenvalue weighted by Gasteiger charge is 2.24. The van der Waals surface area contributed by atoms with Gasteiger partial charge in [-0.05, 0) is 38.0 Å². The van der Waals surface area contributed by atoms with Crippen LogP contribution in [0.3, 0.4) is 0 Å². The first kappa shape index (κ1) is 16.0. The molecule has 0 bridgehead atoms. The second kappa shape index (κ2) is 6.58. The lowest BCUT2D eigenvalue weighted by atomic mass is 10.0. The molecule has 0 spiro atoms. The maximum atomic E-state index is 10.3. The van der Waals surface area contributed by atoms with Crippen molar-refractivity contribution in [3.05, 3.63) is 45.4 Å². The number of rotatable bonds is 6. The van der Waals surface area contributed by atoms with Gasteiger partial charge in [-0.2, -0.15) is 0 Å². The van der Waals surface area contributed by atoms with Crippen LogP contribution in [0, 0.1) is 0 Å². The summed E-state index contributed by atoms with van der Waals surface area (Å²) in [5.74, 6) is 0.863. The number of benzene rings is 1. The molecule has 0 aliphatic carbocycles. The van der Waals surface area contributed by atoms with E-state index in [1.165, 1.54) is 5.56 Å². The molecule has 0 saturated carbocycles. The minimum atomic E-state index is -0.819. The smallest absolute Gasteiger partial charge is 0.118 e. The van der Waals surface area contributed by atoms with E-state index in [0.29, 0.717) is 0 Å². The Morgan fingerprint density at radius 1 is 1.24 bits per heavy atom. The quantitative estimate of drug-likeness (QED) is 0.879. The van der Waals surface area contributed by atoms with E-state index < -0.39 is 5.60 Å². The average Bonchev–Trinajstić information content (AvgIpc) is 2.83. The Morgan fingerprint density at radius 2 is 1.90 bits per heavy atom. The molecule has 1 aromatic carbocycles. The van der Waals surface area contributed by atoms with Gasteiger partial charge in [0.1, 0.15) is 5.75 Å². The van der Waals surface area contributed by atoms with Gasteiger partial charge in [-0.1, -0.05) is 25.5 Å². The molecule has 4 heteroatoms. The fraction of sp³-hybridized carbons (Fsp3) is 0.471. The van der Waals surface area contributed by atoms with Crippen molar-refractivity contribution in [2.75, 3.05) is 7.11 Å². The van der Waals surface area contributed by atoms with Crippen molar-refractivity contribution >= 4 is 11.3 Å². The average molecular weight is 305 g/mol. The number of nitrogens with zero attached hydrogens (tertiary/aromatic N) is 1. The van der Waals surface area contributed by atoms with Gasteiger partial charge in [0, 0.05) is 6.42 Å². The van der Waals surface area contributed by atoms with Crippen molar-refractivity contribution in [3.63, 3.8) is 0 Å². The molecule has 1 aromatic heterocycles. The Balaban J connectivity index is 2.23. The lowest BCUT2D eigenvalue weighted by Crippen LogP contribution is -2.15. The van der Waals surface area contributed by atoms with E-state index in [1.54, 1.807) is 18.4 Å². The molecule has 0 radical (unpaired) electrons. The highest BCUT2D eigenvalue weighted by atomic mass is 32.1. The van der Waals surface area contributed by atoms with Crippen LogP contribution in [-0.2, 0) is 18.4 Å². The standard InChI is InChI=1S/C17H23NO2S/c1-5-6-14-16(17(2,3)19)21-15(18-14)11-12-7-9-13(20-4)10-8-12/h7-10,19H,5-6,11H2,1-4H3. The van der Waals surface area contributed by atoms with E-state index in [1.807, 2.05) is 26.0 Å². The monoisotopic (exact) mass is 305 g/mol. The number of aliphatic hydroxyl groups is 1. The van der Waals surface area contributed by atoms with Gasteiger partial charge < -0.3 is 9.84 Å². The lowest BCUT2D eigenvalue weighted by molar-refractivity contribution is 0.0813. The summed E-state index contributed by atoms with van der Waals surface area (Å²) in [7, 11) is 1.67. The van der Waals surface area contributed by atoms with E-state index in [2.05, 4.69) is 19.1 Å². The van der Waals surface area contributed by atoms with E-state index in [-0.39, 0.29) is 0 Å². The Bertz CT molecular complexity index is 582. The van der Waals surface area contributed by atoms with E-state index in [9.17, 15) is 5.11 Å². The highest BCUT2D eigenvalue weighted by molar-refractivity contribution is 7.11. The van der Waals surface area contributed by atoms with Crippen LogP contribution in [0.25, 0.3) is 0 Å². The summed E-state index contributed by atoms with van der Waals surface area (Å²) in [6.07, 6.45) is 2.74. The van der Waals surface area contributed by atoms with Crippen LogP contribution >= 0.6 is 11.3 Å². The molecule has 1 heterocycles. The summed E-state index contributed by atoms with van der Waals surface area (Å²) >= 11 is 1.62. The van der Waals surface area contributed by atoms with E-state index >= 15 is 0 Å². The molecular weight excluding hydrogens is 282 g/mol. The SMILES string of the molecule is CCCc1nc(Cc2ccc(OC)cc2)sc1C(C)(C)O. The van der Waals surface area contributed by atoms with Gasteiger partial charge in [0.15, 0.2) is 0 Å². The van der Waals surface area contributed by atoms with Gasteiger partial charge in [0.2, 0.25) is 0 Å². The molecule has 2 rings (SSSR count). The zero-order valence-electron chi connectivity index (χ0n) is 13.1. The molecular formula is C17H23NO2S. The summed E-state index contributed by atoms with van der Waals surface area (Å²) in [5.41, 5.74) is 1.42. The van der Waals surface area contributed by atoms with Crippen LogP contribution < -0.4 is 4.74 Å². The third-order valence-electron chi connectivity index (χ3n) is 3.30. The van der Waals surface area contributed by atoms with Crippen LogP contribution in [0.4, 0.5) is 0 Å². The van der Waals surface area contributed by atoms with Crippen LogP contribution in [-0.4, -0.2) is 17.2 Å². The molecule has 114 valence electrons. The third kappa shape index (κ3) is 4.05. The Kier molecular flexibility index (Phi) is 5.01. The normalized spacial score (nSPS) is 11.7. The Morgan fingerprint density at radius 3 is 2.43 bits per heavy atom. The first-order valence-corrected chi connectivity index (χ1v) is 8.10. The summed E-state index contributed by atoms with van der Waals surface area (Å²) in [4.78, 5) is 5.72. The first-order chi connectivity index (χ1) is 9.94. The van der Waals surface area contributed by atoms with Crippen LogP contribution in [0.2, 0.25) is 0 Å². The molecule has 0 fully saturated rings. The Labute approximate surface area is 130 Å². The zero-order chi connectivity index (χ0) is 15.5. The maximum absolute atomic E-state index is 10.3. The predicted molar refractivity (Wildman–Crippen MR) is 87.2 cm³/mol. The number of methoxy groups -OCH3 is 1. The number of aromatic nitrogens is 1. The molecule has 3 nitrogen and oxygen atoms in total. The van der Waals surface area contributed by atoms with E-state index in [0.717, 1.165) is 40.6 Å². The largest absolute Gasteiger partial charge is 0.497 e. The van der Waals surface area contributed by atoms with Crippen LogP contribution in [0.5, 0.6) is 5.75 Å². The minimum Gasteiger partial charge on any atom is -0.497 e. The summed E-state index contributed by atoms with van der Waals surface area (Å²) in [6, 6.07) is 8.05. The van der Waals surface area contributed by atoms with Crippen molar-refractivity contribution < 1.29 is 9.84 Å². The number of aryl methyl sites for hydroxylation is 1.